The average Bonchev–Trinajstić information content (AvgIpc) is 2.99. The van der Waals surface area contributed by atoms with Crippen molar-refractivity contribution in [2.24, 2.45) is 11.8 Å². The molecule has 1 aromatic carbocycles. The molecule has 2 rings (SSSR count). The fraction of sp³-hybridized carbons (Fsp3) is 0.591. The normalized spacial score (nSPS) is 24.3. The highest BCUT2D eigenvalue weighted by Crippen LogP contribution is 2.36. The Morgan fingerprint density at radius 3 is 2.57 bits per heavy atom. The van der Waals surface area contributed by atoms with Crippen LogP contribution in [0.1, 0.15) is 52.0 Å². The number of nitriles is 1. The lowest BCUT2D eigenvalue weighted by molar-refractivity contribution is -0.143. The Morgan fingerprint density at radius 2 is 2.04 bits per heavy atom. The predicted octanol–water partition coefficient (Wildman–Crippen LogP) is 3.18. The molecule has 1 fully saturated rings. The number of likely N-dealkylation sites (tertiary alicyclic amines) is 1. The summed E-state index contributed by atoms with van der Waals surface area (Å²) in [7, 11) is 0. The molecular weight excluding hydrogens is 354 g/mol. The maximum absolute atomic E-state index is 11.9. The third kappa shape index (κ3) is 5.56. The number of carboxylic acid groups (broad SMARTS) is 1. The SMILES string of the molecule is CCCC(CC1C(C#N)CC(C(=O)O)N1Cc1ccccc1)C(C)NC(C)=O. The molecule has 152 valence electrons. The Labute approximate surface area is 167 Å². The van der Waals surface area contributed by atoms with Gasteiger partial charge < -0.3 is 10.4 Å². The van der Waals surface area contributed by atoms with Crippen LogP contribution in [0.25, 0.3) is 0 Å². The van der Waals surface area contributed by atoms with Gasteiger partial charge in [0.2, 0.25) is 5.91 Å². The molecule has 0 radical (unpaired) electrons. The highest BCUT2D eigenvalue weighted by Gasteiger charge is 2.45. The van der Waals surface area contributed by atoms with Gasteiger partial charge in [-0.15, -0.1) is 0 Å². The molecule has 1 aliphatic rings. The van der Waals surface area contributed by atoms with Crippen LogP contribution in [0.5, 0.6) is 0 Å². The number of carbonyl (C=O) groups excluding carboxylic acids is 1. The van der Waals surface area contributed by atoms with E-state index in [-0.39, 0.29) is 29.8 Å². The quantitative estimate of drug-likeness (QED) is 0.681. The molecule has 1 saturated heterocycles. The number of nitrogens with one attached hydrogen (secondary N) is 1. The molecule has 2 N–H and O–H groups in total. The molecule has 5 unspecified atom stereocenters. The third-order valence-corrected chi connectivity index (χ3v) is 5.77. The van der Waals surface area contributed by atoms with Crippen LogP contribution in [-0.4, -0.2) is 40.0 Å². The van der Waals surface area contributed by atoms with Crippen LogP contribution in [0.3, 0.4) is 0 Å². The summed E-state index contributed by atoms with van der Waals surface area (Å²) in [6, 6.07) is 11.3. The maximum Gasteiger partial charge on any atom is 0.320 e. The first-order chi connectivity index (χ1) is 13.4. The van der Waals surface area contributed by atoms with E-state index in [1.165, 1.54) is 6.92 Å². The summed E-state index contributed by atoms with van der Waals surface area (Å²) in [5.41, 5.74) is 1.04. The van der Waals surface area contributed by atoms with E-state index in [2.05, 4.69) is 18.3 Å². The van der Waals surface area contributed by atoms with Crippen LogP contribution >= 0.6 is 0 Å². The van der Waals surface area contributed by atoms with E-state index in [1.807, 2.05) is 42.2 Å². The smallest absolute Gasteiger partial charge is 0.320 e. The number of carbonyl (C=O) groups is 2. The van der Waals surface area contributed by atoms with E-state index in [4.69, 9.17) is 0 Å². The summed E-state index contributed by atoms with van der Waals surface area (Å²) in [5, 5.41) is 22.4. The average molecular weight is 386 g/mol. The van der Waals surface area contributed by atoms with Crippen molar-refractivity contribution < 1.29 is 14.7 Å². The minimum absolute atomic E-state index is 0.0146. The van der Waals surface area contributed by atoms with Crippen LogP contribution in [0.4, 0.5) is 0 Å². The van der Waals surface area contributed by atoms with Gasteiger partial charge in [-0.05, 0) is 37.7 Å². The second-order valence-electron chi connectivity index (χ2n) is 7.82. The van der Waals surface area contributed by atoms with E-state index in [9.17, 15) is 20.0 Å². The number of hydrogen-bond donors (Lipinski definition) is 2. The molecule has 1 aromatic rings. The highest BCUT2D eigenvalue weighted by molar-refractivity contribution is 5.74. The first-order valence-electron chi connectivity index (χ1n) is 10.1. The summed E-state index contributed by atoms with van der Waals surface area (Å²) in [6.45, 7) is 6.11. The minimum Gasteiger partial charge on any atom is -0.480 e. The predicted molar refractivity (Wildman–Crippen MR) is 107 cm³/mol. The molecule has 6 heteroatoms. The zero-order valence-electron chi connectivity index (χ0n) is 17.0. The van der Waals surface area contributed by atoms with Crippen molar-refractivity contribution in [2.75, 3.05) is 0 Å². The molecule has 5 atom stereocenters. The zero-order chi connectivity index (χ0) is 20.7. The molecule has 28 heavy (non-hydrogen) atoms. The van der Waals surface area contributed by atoms with Crippen molar-refractivity contribution in [1.29, 1.82) is 5.26 Å². The topological polar surface area (TPSA) is 93.4 Å². The summed E-state index contributed by atoms with van der Waals surface area (Å²) >= 11 is 0. The number of rotatable bonds is 9. The molecule has 0 bridgehead atoms. The van der Waals surface area contributed by atoms with E-state index in [0.717, 1.165) is 18.4 Å². The van der Waals surface area contributed by atoms with Crippen molar-refractivity contribution in [3.63, 3.8) is 0 Å². The second kappa shape index (κ2) is 10.2. The summed E-state index contributed by atoms with van der Waals surface area (Å²) in [4.78, 5) is 25.4. The Kier molecular flexibility index (Phi) is 8.01. The monoisotopic (exact) mass is 385 g/mol. The van der Waals surface area contributed by atoms with E-state index in [1.54, 1.807) is 0 Å². The molecular formula is C22H31N3O3. The first kappa shape index (κ1) is 21.9. The van der Waals surface area contributed by atoms with Crippen molar-refractivity contribution >= 4 is 11.9 Å². The Balaban J connectivity index is 2.27. The maximum atomic E-state index is 11.9. The number of hydrogen-bond acceptors (Lipinski definition) is 4. The molecule has 0 aromatic heterocycles. The van der Waals surface area contributed by atoms with Gasteiger partial charge in [0.1, 0.15) is 6.04 Å². The van der Waals surface area contributed by atoms with Gasteiger partial charge in [0.15, 0.2) is 0 Å². The molecule has 1 heterocycles. The highest BCUT2D eigenvalue weighted by atomic mass is 16.4. The van der Waals surface area contributed by atoms with E-state index in [0.29, 0.717) is 19.4 Å². The van der Waals surface area contributed by atoms with Crippen LogP contribution in [0.2, 0.25) is 0 Å². The van der Waals surface area contributed by atoms with Gasteiger partial charge in [-0.2, -0.15) is 5.26 Å². The van der Waals surface area contributed by atoms with Gasteiger partial charge in [0.05, 0.1) is 12.0 Å². The largest absolute Gasteiger partial charge is 0.480 e. The third-order valence-electron chi connectivity index (χ3n) is 5.77. The fourth-order valence-corrected chi connectivity index (χ4v) is 4.39. The Hall–Kier alpha value is -2.39. The molecule has 1 amide bonds. The number of amides is 1. The summed E-state index contributed by atoms with van der Waals surface area (Å²) in [5.74, 6) is -1.07. The first-order valence-corrected chi connectivity index (χ1v) is 10.1. The van der Waals surface area contributed by atoms with Crippen molar-refractivity contribution in [1.82, 2.24) is 10.2 Å². The minimum atomic E-state index is -0.874. The second-order valence-corrected chi connectivity index (χ2v) is 7.82. The van der Waals surface area contributed by atoms with E-state index < -0.39 is 12.0 Å². The zero-order valence-corrected chi connectivity index (χ0v) is 17.0. The molecule has 6 nitrogen and oxygen atoms in total. The number of aliphatic carboxylic acids is 1. The summed E-state index contributed by atoms with van der Waals surface area (Å²) < 4.78 is 0. The van der Waals surface area contributed by atoms with Crippen molar-refractivity contribution in [2.45, 2.75) is 71.1 Å². The van der Waals surface area contributed by atoms with Gasteiger partial charge in [0.25, 0.3) is 0 Å². The van der Waals surface area contributed by atoms with Crippen LogP contribution in [0.15, 0.2) is 30.3 Å². The Morgan fingerprint density at radius 1 is 1.36 bits per heavy atom. The van der Waals surface area contributed by atoms with Gasteiger partial charge in [-0.25, -0.2) is 0 Å². The van der Waals surface area contributed by atoms with Gasteiger partial charge in [-0.3, -0.25) is 14.5 Å². The van der Waals surface area contributed by atoms with Gasteiger partial charge in [0, 0.05) is 25.6 Å². The van der Waals surface area contributed by atoms with Crippen LogP contribution < -0.4 is 5.32 Å². The fourth-order valence-electron chi connectivity index (χ4n) is 4.39. The van der Waals surface area contributed by atoms with E-state index >= 15 is 0 Å². The van der Waals surface area contributed by atoms with Gasteiger partial charge in [-0.1, -0.05) is 43.7 Å². The molecule has 0 saturated carbocycles. The molecule has 0 spiro atoms. The number of carboxylic acids is 1. The van der Waals surface area contributed by atoms with Crippen LogP contribution in [0, 0.1) is 23.2 Å². The van der Waals surface area contributed by atoms with Crippen LogP contribution in [-0.2, 0) is 16.1 Å². The Bertz CT molecular complexity index is 701. The van der Waals surface area contributed by atoms with Crippen molar-refractivity contribution in [3.05, 3.63) is 35.9 Å². The summed E-state index contributed by atoms with van der Waals surface area (Å²) in [6.07, 6.45) is 2.94. The lowest BCUT2D eigenvalue weighted by atomic mass is 9.85. The molecule has 1 aliphatic heterocycles. The number of nitrogens with zero attached hydrogens (tertiary/aromatic N) is 2. The standard InChI is InChI=1S/C22H31N3O3/c1-4-8-18(15(2)24-16(3)26)11-20-19(13-23)12-21(22(27)28)25(20)14-17-9-6-5-7-10-17/h5-7,9-10,15,18-21H,4,8,11-12,14H2,1-3H3,(H,24,26)(H,27,28). The molecule has 0 aliphatic carbocycles. The van der Waals surface area contributed by atoms with Gasteiger partial charge >= 0.3 is 5.97 Å². The lowest BCUT2D eigenvalue weighted by Gasteiger charge is -2.34. The number of benzene rings is 1. The van der Waals surface area contributed by atoms with Crippen molar-refractivity contribution in [3.8, 4) is 6.07 Å². The lowest BCUT2D eigenvalue weighted by Crippen LogP contribution is -2.44.